The van der Waals surface area contributed by atoms with Gasteiger partial charge in [0.15, 0.2) is 5.78 Å². The predicted molar refractivity (Wildman–Crippen MR) is 72.9 cm³/mol. The van der Waals surface area contributed by atoms with Crippen LogP contribution in [0.2, 0.25) is 0 Å². The summed E-state index contributed by atoms with van der Waals surface area (Å²) in [5, 5.41) is 11.4. The van der Waals surface area contributed by atoms with Crippen molar-refractivity contribution in [1.82, 2.24) is 5.32 Å². The van der Waals surface area contributed by atoms with E-state index in [-0.39, 0.29) is 23.1 Å². The summed E-state index contributed by atoms with van der Waals surface area (Å²) in [6.07, 6.45) is 0.414. The lowest BCUT2D eigenvalue weighted by atomic mass is 10.1. The first-order chi connectivity index (χ1) is 9.51. The monoisotopic (exact) mass is 290 g/mol. The molecular weight excluding hydrogens is 279 g/mol. The number of nitrogens with zero attached hydrogens (tertiary/aromatic N) is 1. The molecule has 1 aromatic rings. The molecule has 1 atom stereocenters. The standard InChI is InChI=1S/C14H11FN2O2S/c1-8(18)11(7-16)14-17-13(19)12(20-14)6-9-2-4-10(15)5-3-9/h2-5,12H,6H2,1H3,(H,17,19)/b14-11+/t12-/m1/s1. The van der Waals surface area contributed by atoms with Crippen LogP contribution in [0.25, 0.3) is 0 Å². The molecule has 0 saturated carbocycles. The Hall–Kier alpha value is -2.13. The van der Waals surface area contributed by atoms with Crippen LogP contribution in [0.3, 0.4) is 0 Å². The Balaban J connectivity index is 2.16. The molecule has 1 heterocycles. The molecule has 1 amide bonds. The van der Waals surface area contributed by atoms with Gasteiger partial charge in [-0.1, -0.05) is 23.9 Å². The van der Waals surface area contributed by atoms with E-state index in [0.717, 1.165) is 17.3 Å². The number of Topliss-reactive ketones (excluding diaryl/α,β-unsaturated/α-hetero) is 1. The number of benzene rings is 1. The molecule has 1 aliphatic heterocycles. The Labute approximate surface area is 119 Å². The Morgan fingerprint density at radius 2 is 2.10 bits per heavy atom. The second kappa shape index (κ2) is 5.88. The molecule has 102 valence electrons. The first kappa shape index (κ1) is 14.3. The lowest BCUT2D eigenvalue weighted by molar-refractivity contribution is -0.119. The van der Waals surface area contributed by atoms with Gasteiger partial charge in [-0.3, -0.25) is 9.59 Å². The number of thioether (sulfide) groups is 1. The lowest BCUT2D eigenvalue weighted by Gasteiger charge is -2.05. The van der Waals surface area contributed by atoms with Crippen molar-refractivity contribution in [2.75, 3.05) is 0 Å². The number of rotatable bonds is 3. The van der Waals surface area contributed by atoms with E-state index in [0.29, 0.717) is 11.4 Å². The Bertz CT molecular complexity index is 632. The fraction of sp³-hybridized carbons (Fsp3) is 0.214. The van der Waals surface area contributed by atoms with Gasteiger partial charge in [0.25, 0.3) is 0 Å². The van der Waals surface area contributed by atoms with E-state index in [1.807, 2.05) is 0 Å². The number of carbonyl (C=O) groups excluding carboxylic acids is 2. The molecule has 1 aromatic carbocycles. The van der Waals surface area contributed by atoms with Gasteiger partial charge in [-0.25, -0.2) is 4.39 Å². The lowest BCUT2D eigenvalue weighted by Crippen LogP contribution is -2.24. The molecule has 1 fully saturated rings. The fourth-order valence-corrected chi connectivity index (χ4v) is 2.99. The highest BCUT2D eigenvalue weighted by atomic mass is 32.2. The highest BCUT2D eigenvalue weighted by Crippen LogP contribution is 2.31. The van der Waals surface area contributed by atoms with Gasteiger partial charge in [-0.2, -0.15) is 5.26 Å². The van der Waals surface area contributed by atoms with Crippen molar-refractivity contribution >= 4 is 23.5 Å². The quantitative estimate of drug-likeness (QED) is 0.682. The zero-order valence-corrected chi connectivity index (χ0v) is 11.5. The molecule has 0 radical (unpaired) electrons. The number of hydrogen-bond donors (Lipinski definition) is 1. The SMILES string of the molecule is CC(=O)/C(C#N)=C1\NC(=O)[C@@H](Cc2ccc(F)cc2)S1. The van der Waals surface area contributed by atoms with Crippen LogP contribution in [-0.2, 0) is 16.0 Å². The minimum absolute atomic E-state index is 0.0371. The van der Waals surface area contributed by atoms with E-state index in [2.05, 4.69) is 5.32 Å². The van der Waals surface area contributed by atoms with Gasteiger partial charge in [-0.05, 0) is 31.0 Å². The maximum atomic E-state index is 12.8. The van der Waals surface area contributed by atoms with Crippen LogP contribution in [0.15, 0.2) is 34.9 Å². The average Bonchev–Trinajstić information content (AvgIpc) is 2.74. The number of ketones is 1. The minimum atomic E-state index is -0.418. The molecular formula is C14H11FN2O2S. The van der Waals surface area contributed by atoms with E-state index in [1.165, 1.54) is 19.1 Å². The Morgan fingerprint density at radius 3 is 2.65 bits per heavy atom. The van der Waals surface area contributed by atoms with E-state index in [1.54, 1.807) is 18.2 Å². The molecule has 4 nitrogen and oxygen atoms in total. The zero-order chi connectivity index (χ0) is 14.7. The van der Waals surface area contributed by atoms with Crippen molar-refractivity contribution in [2.24, 2.45) is 0 Å². The summed E-state index contributed by atoms with van der Waals surface area (Å²) >= 11 is 1.16. The number of carbonyl (C=O) groups is 2. The van der Waals surface area contributed by atoms with E-state index in [9.17, 15) is 14.0 Å². The highest BCUT2D eigenvalue weighted by molar-refractivity contribution is 8.04. The molecule has 1 N–H and O–H groups in total. The summed E-state index contributed by atoms with van der Waals surface area (Å²) in [6.45, 7) is 1.28. The zero-order valence-electron chi connectivity index (χ0n) is 10.6. The molecule has 0 aromatic heterocycles. The fourth-order valence-electron chi connectivity index (χ4n) is 1.80. The van der Waals surface area contributed by atoms with Gasteiger partial charge in [0.05, 0.1) is 10.3 Å². The van der Waals surface area contributed by atoms with Crippen molar-refractivity contribution < 1.29 is 14.0 Å². The molecule has 0 aliphatic carbocycles. The molecule has 6 heteroatoms. The van der Waals surface area contributed by atoms with Gasteiger partial charge in [-0.15, -0.1) is 0 Å². The number of amides is 1. The second-order valence-electron chi connectivity index (χ2n) is 4.30. The number of nitrogens with one attached hydrogen (secondary N) is 1. The van der Waals surface area contributed by atoms with Crippen molar-refractivity contribution in [3.8, 4) is 6.07 Å². The van der Waals surface area contributed by atoms with Crippen LogP contribution < -0.4 is 5.32 Å². The molecule has 1 aliphatic rings. The predicted octanol–water partition coefficient (Wildman–Crippen LogP) is 1.92. The third kappa shape index (κ3) is 3.06. The van der Waals surface area contributed by atoms with E-state index in [4.69, 9.17) is 5.26 Å². The van der Waals surface area contributed by atoms with Crippen LogP contribution in [0.5, 0.6) is 0 Å². The van der Waals surface area contributed by atoms with Crippen LogP contribution >= 0.6 is 11.8 Å². The normalized spacial score (nSPS) is 20.2. The first-order valence-electron chi connectivity index (χ1n) is 5.88. The first-order valence-corrected chi connectivity index (χ1v) is 6.76. The van der Waals surface area contributed by atoms with Crippen molar-refractivity contribution in [3.63, 3.8) is 0 Å². The van der Waals surface area contributed by atoms with Crippen LogP contribution in [0.4, 0.5) is 4.39 Å². The minimum Gasteiger partial charge on any atom is -0.318 e. The number of hydrogen-bond acceptors (Lipinski definition) is 4. The molecule has 20 heavy (non-hydrogen) atoms. The largest absolute Gasteiger partial charge is 0.318 e. The highest BCUT2D eigenvalue weighted by Gasteiger charge is 2.32. The maximum absolute atomic E-state index is 12.8. The van der Waals surface area contributed by atoms with Crippen LogP contribution in [-0.4, -0.2) is 16.9 Å². The van der Waals surface area contributed by atoms with Gasteiger partial charge < -0.3 is 5.32 Å². The Kier molecular flexibility index (Phi) is 4.20. The summed E-state index contributed by atoms with van der Waals surface area (Å²) in [5.41, 5.74) is 0.784. The topological polar surface area (TPSA) is 70.0 Å². The molecule has 0 bridgehead atoms. The number of nitriles is 1. The average molecular weight is 290 g/mol. The number of allylic oxidation sites excluding steroid dienone is 1. The summed E-state index contributed by atoms with van der Waals surface area (Å²) in [7, 11) is 0. The molecule has 2 rings (SSSR count). The molecule has 0 unspecified atom stereocenters. The van der Waals surface area contributed by atoms with E-state index >= 15 is 0 Å². The third-order valence-corrected chi connectivity index (χ3v) is 4.02. The van der Waals surface area contributed by atoms with Gasteiger partial charge in [0, 0.05) is 0 Å². The van der Waals surface area contributed by atoms with Crippen molar-refractivity contribution in [1.29, 1.82) is 5.26 Å². The summed E-state index contributed by atoms with van der Waals surface area (Å²) < 4.78 is 12.8. The van der Waals surface area contributed by atoms with Crippen LogP contribution in [0, 0.1) is 17.1 Å². The van der Waals surface area contributed by atoms with Gasteiger partial charge in [0.1, 0.15) is 17.5 Å². The van der Waals surface area contributed by atoms with E-state index < -0.39 is 5.25 Å². The molecule has 0 spiro atoms. The summed E-state index contributed by atoms with van der Waals surface area (Å²) in [6, 6.07) is 7.69. The smallest absolute Gasteiger partial charge is 0.238 e. The molecule has 1 saturated heterocycles. The summed E-state index contributed by atoms with van der Waals surface area (Å²) in [4.78, 5) is 23.1. The van der Waals surface area contributed by atoms with Crippen molar-refractivity contribution in [2.45, 2.75) is 18.6 Å². The maximum Gasteiger partial charge on any atom is 0.238 e. The van der Waals surface area contributed by atoms with Crippen LogP contribution in [0.1, 0.15) is 12.5 Å². The third-order valence-electron chi connectivity index (χ3n) is 2.81. The van der Waals surface area contributed by atoms with Gasteiger partial charge in [0.2, 0.25) is 5.91 Å². The number of halogens is 1. The van der Waals surface area contributed by atoms with Crippen molar-refractivity contribution in [3.05, 3.63) is 46.2 Å². The van der Waals surface area contributed by atoms with Gasteiger partial charge >= 0.3 is 0 Å². The Morgan fingerprint density at radius 1 is 1.45 bits per heavy atom. The second-order valence-corrected chi connectivity index (χ2v) is 5.51. The summed E-state index contributed by atoms with van der Waals surface area (Å²) in [5.74, 6) is -0.956.